The van der Waals surface area contributed by atoms with Crippen molar-refractivity contribution in [3.8, 4) is 0 Å². The van der Waals surface area contributed by atoms with E-state index in [1.165, 1.54) is 18.4 Å². The standard InChI is InChI=1S/C16H24N2S/c1-12-8-9-13(2)18(11-12)15(10-16(17)19)14-6-4-3-5-7-14/h3-7,12-13,15H,8-11H2,1-2H3,(H2,17,19). The summed E-state index contributed by atoms with van der Waals surface area (Å²) in [5.74, 6) is 0.758. The minimum absolute atomic E-state index is 0.330. The van der Waals surface area contributed by atoms with Gasteiger partial charge in [0.15, 0.2) is 0 Å². The van der Waals surface area contributed by atoms with E-state index in [1.807, 2.05) is 0 Å². The van der Waals surface area contributed by atoms with E-state index in [0.717, 1.165) is 18.9 Å². The molecule has 1 aliphatic rings. The van der Waals surface area contributed by atoms with E-state index in [2.05, 4.69) is 49.1 Å². The largest absolute Gasteiger partial charge is 0.393 e. The predicted octanol–water partition coefficient (Wildman–Crippen LogP) is 3.52. The Balaban J connectivity index is 2.24. The van der Waals surface area contributed by atoms with Crippen LogP contribution in [0.25, 0.3) is 0 Å². The predicted molar refractivity (Wildman–Crippen MR) is 85.2 cm³/mol. The summed E-state index contributed by atoms with van der Waals surface area (Å²) in [6.45, 7) is 5.80. The van der Waals surface area contributed by atoms with E-state index < -0.39 is 0 Å². The number of thiocarbonyl (C=S) groups is 1. The summed E-state index contributed by atoms with van der Waals surface area (Å²) in [4.78, 5) is 3.20. The molecule has 1 saturated heterocycles. The monoisotopic (exact) mass is 276 g/mol. The van der Waals surface area contributed by atoms with Gasteiger partial charge in [0.05, 0.1) is 4.99 Å². The van der Waals surface area contributed by atoms with E-state index in [-0.39, 0.29) is 0 Å². The molecule has 3 heteroatoms. The Hall–Kier alpha value is -0.930. The van der Waals surface area contributed by atoms with Crippen LogP contribution in [0.5, 0.6) is 0 Å². The van der Waals surface area contributed by atoms with Gasteiger partial charge in [0, 0.05) is 25.0 Å². The van der Waals surface area contributed by atoms with Crippen LogP contribution in [-0.2, 0) is 0 Å². The molecule has 3 unspecified atom stereocenters. The first-order valence-electron chi connectivity index (χ1n) is 7.17. The van der Waals surface area contributed by atoms with E-state index in [9.17, 15) is 0 Å². The highest BCUT2D eigenvalue weighted by molar-refractivity contribution is 7.80. The van der Waals surface area contributed by atoms with Gasteiger partial charge in [0.1, 0.15) is 0 Å². The second-order valence-electron chi connectivity index (χ2n) is 5.83. The van der Waals surface area contributed by atoms with Gasteiger partial charge in [-0.25, -0.2) is 0 Å². The first kappa shape index (κ1) is 14.5. The van der Waals surface area contributed by atoms with Crippen molar-refractivity contribution in [1.82, 2.24) is 4.90 Å². The Morgan fingerprint density at radius 3 is 2.63 bits per heavy atom. The van der Waals surface area contributed by atoms with Gasteiger partial charge in [-0.1, -0.05) is 49.5 Å². The van der Waals surface area contributed by atoms with E-state index in [4.69, 9.17) is 18.0 Å². The SMILES string of the molecule is CC1CCC(C)N(C(CC(N)=S)c2ccccc2)C1. The Kier molecular flexibility index (Phi) is 4.94. The fourth-order valence-electron chi connectivity index (χ4n) is 3.05. The molecule has 1 heterocycles. The van der Waals surface area contributed by atoms with E-state index in [1.54, 1.807) is 0 Å². The van der Waals surface area contributed by atoms with E-state index in [0.29, 0.717) is 17.1 Å². The highest BCUT2D eigenvalue weighted by Crippen LogP contribution is 2.32. The van der Waals surface area contributed by atoms with Crippen LogP contribution in [0.2, 0.25) is 0 Å². The number of nitrogens with two attached hydrogens (primary N) is 1. The van der Waals surface area contributed by atoms with Crippen LogP contribution in [-0.4, -0.2) is 22.5 Å². The van der Waals surface area contributed by atoms with Gasteiger partial charge in [-0.15, -0.1) is 0 Å². The highest BCUT2D eigenvalue weighted by Gasteiger charge is 2.30. The second kappa shape index (κ2) is 6.49. The molecule has 2 rings (SSSR count). The molecule has 3 atom stereocenters. The third-order valence-corrected chi connectivity index (χ3v) is 4.31. The lowest BCUT2D eigenvalue weighted by Gasteiger charge is -2.42. The molecular weight excluding hydrogens is 252 g/mol. The van der Waals surface area contributed by atoms with Gasteiger partial charge < -0.3 is 5.73 Å². The summed E-state index contributed by atoms with van der Waals surface area (Å²) >= 11 is 5.16. The summed E-state index contributed by atoms with van der Waals surface area (Å²) in [5.41, 5.74) is 7.15. The molecule has 2 N–H and O–H groups in total. The minimum atomic E-state index is 0.330. The Labute approximate surface area is 122 Å². The normalized spacial score (nSPS) is 26.0. The molecule has 1 aromatic carbocycles. The van der Waals surface area contributed by atoms with Crippen molar-refractivity contribution in [3.05, 3.63) is 35.9 Å². The van der Waals surface area contributed by atoms with Crippen LogP contribution in [0.3, 0.4) is 0 Å². The summed E-state index contributed by atoms with van der Waals surface area (Å²) in [6, 6.07) is 11.6. The fraction of sp³-hybridized carbons (Fsp3) is 0.562. The average molecular weight is 276 g/mol. The molecule has 2 nitrogen and oxygen atoms in total. The smallest absolute Gasteiger partial charge is 0.0746 e. The summed E-state index contributed by atoms with van der Waals surface area (Å²) < 4.78 is 0. The van der Waals surface area contributed by atoms with Crippen molar-refractivity contribution in [2.24, 2.45) is 11.7 Å². The molecular formula is C16H24N2S. The molecule has 19 heavy (non-hydrogen) atoms. The topological polar surface area (TPSA) is 29.3 Å². The van der Waals surface area contributed by atoms with Crippen molar-refractivity contribution < 1.29 is 0 Å². The van der Waals surface area contributed by atoms with Gasteiger partial charge in [-0.3, -0.25) is 4.90 Å². The van der Waals surface area contributed by atoms with Gasteiger partial charge in [0.2, 0.25) is 0 Å². The minimum Gasteiger partial charge on any atom is -0.393 e. The number of nitrogens with zero attached hydrogens (tertiary/aromatic N) is 1. The van der Waals surface area contributed by atoms with Crippen molar-refractivity contribution in [3.63, 3.8) is 0 Å². The molecule has 1 fully saturated rings. The van der Waals surface area contributed by atoms with Gasteiger partial charge in [0.25, 0.3) is 0 Å². The number of benzene rings is 1. The number of hydrogen-bond donors (Lipinski definition) is 1. The zero-order valence-electron chi connectivity index (χ0n) is 11.9. The summed E-state index contributed by atoms with van der Waals surface area (Å²) in [7, 11) is 0. The first-order valence-corrected chi connectivity index (χ1v) is 7.57. The maximum Gasteiger partial charge on any atom is 0.0746 e. The molecule has 0 spiro atoms. The third-order valence-electron chi connectivity index (χ3n) is 4.15. The van der Waals surface area contributed by atoms with Crippen LogP contribution < -0.4 is 5.73 Å². The number of hydrogen-bond acceptors (Lipinski definition) is 2. The van der Waals surface area contributed by atoms with Gasteiger partial charge in [-0.2, -0.15) is 0 Å². The lowest BCUT2D eigenvalue weighted by atomic mass is 9.90. The molecule has 0 bridgehead atoms. The third kappa shape index (κ3) is 3.77. The summed E-state index contributed by atoms with van der Waals surface area (Å²) in [5, 5.41) is 0. The van der Waals surface area contributed by atoms with Crippen LogP contribution >= 0.6 is 12.2 Å². The molecule has 1 aliphatic heterocycles. The van der Waals surface area contributed by atoms with Crippen molar-refractivity contribution in [1.29, 1.82) is 0 Å². The number of likely N-dealkylation sites (tertiary alicyclic amines) is 1. The summed E-state index contributed by atoms with van der Waals surface area (Å²) in [6.07, 6.45) is 3.37. The Morgan fingerprint density at radius 1 is 1.32 bits per heavy atom. The zero-order valence-corrected chi connectivity index (χ0v) is 12.7. The fourth-order valence-corrected chi connectivity index (χ4v) is 3.21. The van der Waals surface area contributed by atoms with Crippen LogP contribution in [0.15, 0.2) is 30.3 Å². The molecule has 0 saturated carbocycles. The van der Waals surface area contributed by atoms with Crippen LogP contribution in [0.4, 0.5) is 0 Å². The first-order chi connectivity index (χ1) is 9.08. The zero-order chi connectivity index (χ0) is 13.8. The average Bonchev–Trinajstić information content (AvgIpc) is 2.40. The van der Waals surface area contributed by atoms with Crippen molar-refractivity contribution >= 4 is 17.2 Å². The second-order valence-corrected chi connectivity index (χ2v) is 6.35. The van der Waals surface area contributed by atoms with Crippen LogP contribution in [0.1, 0.15) is 44.7 Å². The molecule has 104 valence electrons. The molecule has 0 amide bonds. The molecule has 1 aromatic rings. The quantitative estimate of drug-likeness (QED) is 0.853. The highest BCUT2D eigenvalue weighted by atomic mass is 32.1. The van der Waals surface area contributed by atoms with Crippen molar-refractivity contribution in [2.75, 3.05) is 6.54 Å². The Bertz CT molecular complexity index is 418. The van der Waals surface area contributed by atoms with Crippen molar-refractivity contribution in [2.45, 2.75) is 45.2 Å². The van der Waals surface area contributed by atoms with E-state index >= 15 is 0 Å². The maximum absolute atomic E-state index is 5.82. The van der Waals surface area contributed by atoms with Gasteiger partial charge in [-0.05, 0) is 31.2 Å². The van der Waals surface area contributed by atoms with Gasteiger partial charge >= 0.3 is 0 Å². The number of piperidine rings is 1. The molecule has 0 aliphatic carbocycles. The molecule has 0 radical (unpaired) electrons. The van der Waals surface area contributed by atoms with Crippen LogP contribution in [0, 0.1) is 5.92 Å². The lowest BCUT2D eigenvalue weighted by Crippen LogP contribution is -2.44. The molecule has 0 aromatic heterocycles. The number of rotatable bonds is 4. The maximum atomic E-state index is 5.82. The lowest BCUT2D eigenvalue weighted by molar-refractivity contribution is 0.0793. The Morgan fingerprint density at radius 2 is 2.00 bits per heavy atom.